The maximum absolute atomic E-state index is 11.7. The number of rotatable bonds is 5. The molecule has 4 rings (SSSR count). The number of nitrogens with one attached hydrogen (secondary N) is 1. The molecule has 0 radical (unpaired) electrons. The lowest BCUT2D eigenvalue weighted by Gasteiger charge is -2.26. The lowest BCUT2D eigenvalue weighted by molar-refractivity contribution is -0.128. The molecule has 1 aliphatic heterocycles. The summed E-state index contributed by atoms with van der Waals surface area (Å²) in [6.07, 6.45) is 2.88. The summed E-state index contributed by atoms with van der Waals surface area (Å²) in [5.41, 5.74) is 12.0. The molecule has 1 aliphatic rings. The first-order chi connectivity index (χ1) is 15.7. The van der Waals surface area contributed by atoms with Crippen LogP contribution in [0.1, 0.15) is 48.8 Å². The summed E-state index contributed by atoms with van der Waals surface area (Å²) in [6.45, 7) is 8.94. The lowest BCUT2D eigenvalue weighted by atomic mass is 9.96. The summed E-state index contributed by atoms with van der Waals surface area (Å²) < 4.78 is 5.72. The van der Waals surface area contributed by atoms with Gasteiger partial charge in [-0.3, -0.25) is 4.79 Å². The normalized spacial score (nSPS) is 14.7. The third-order valence-corrected chi connectivity index (χ3v) is 6.10. The van der Waals surface area contributed by atoms with Gasteiger partial charge in [0.2, 0.25) is 5.91 Å². The standard InChI is InChI=1S/C26H31N5O2/c1-15-10-20(12-21(27)11-15)16(2)28-26-23-13-22(19-6-8-31(9-7-19)18(4)32)25(33-5)14-24(23)29-17(3)30-26/h6,10-14,16H,7-9,27H2,1-5H3,(H,28,29,30)/t16-/m1/s1. The van der Waals surface area contributed by atoms with Gasteiger partial charge in [-0.25, -0.2) is 9.97 Å². The Balaban J connectivity index is 1.76. The topological polar surface area (TPSA) is 93.4 Å². The number of methoxy groups -OCH3 is 1. The Bertz CT molecular complexity index is 1230. The molecule has 2 aromatic carbocycles. The molecule has 0 spiro atoms. The number of fused-ring (bicyclic) bond motifs is 1. The highest BCUT2D eigenvalue weighted by Crippen LogP contribution is 2.36. The fourth-order valence-electron chi connectivity index (χ4n) is 4.38. The van der Waals surface area contributed by atoms with Crippen LogP contribution in [0.5, 0.6) is 5.75 Å². The zero-order valence-corrected chi connectivity index (χ0v) is 19.9. The van der Waals surface area contributed by atoms with Crippen LogP contribution in [0.3, 0.4) is 0 Å². The number of hydrogen-bond donors (Lipinski definition) is 2. The number of nitrogens with two attached hydrogens (primary N) is 1. The molecule has 7 nitrogen and oxygen atoms in total. The predicted molar refractivity (Wildman–Crippen MR) is 133 cm³/mol. The largest absolute Gasteiger partial charge is 0.496 e. The minimum absolute atomic E-state index is 0.00766. The van der Waals surface area contributed by atoms with Crippen LogP contribution in [-0.2, 0) is 4.79 Å². The van der Waals surface area contributed by atoms with Crippen molar-refractivity contribution in [3.63, 3.8) is 0 Å². The fourth-order valence-corrected chi connectivity index (χ4v) is 4.38. The average Bonchev–Trinajstić information content (AvgIpc) is 2.77. The number of carbonyl (C=O) groups excluding carboxylic acids is 1. The van der Waals surface area contributed by atoms with Crippen LogP contribution in [0, 0.1) is 13.8 Å². The Morgan fingerprint density at radius 1 is 1.18 bits per heavy atom. The molecule has 1 amide bonds. The molecule has 1 atom stereocenters. The zero-order chi connectivity index (χ0) is 23.7. The first kappa shape index (κ1) is 22.6. The number of nitrogens with zero attached hydrogens (tertiary/aromatic N) is 3. The summed E-state index contributed by atoms with van der Waals surface area (Å²) in [5, 5.41) is 4.50. The number of aryl methyl sites for hydroxylation is 2. The minimum Gasteiger partial charge on any atom is -0.496 e. The first-order valence-corrected chi connectivity index (χ1v) is 11.2. The van der Waals surface area contributed by atoms with E-state index in [0.29, 0.717) is 18.9 Å². The molecule has 3 aromatic rings. The van der Waals surface area contributed by atoms with Gasteiger partial charge in [0.25, 0.3) is 0 Å². The number of hydrogen-bond acceptors (Lipinski definition) is 6. The Hall–Kier alpha value is -3.61. The van der Waals surface area contributed by atoms with E-state index in [-0.39, 0.29) is 11.9 Å². The third-order valence-electron chi connectivity index (χ3n) is 6.10. The van der Waals surface area contributed by atoms with Crippen LogP contribution < -0.4 is 15.8 Å². The van der Waals surface area contributed by atoms with Crippen LogP contribution in [0.15, 0.2) is 36.4 Å². The lowest BCUT2D eigenvalue weighted by Crippen LogP contribution is -2.32. The second kappa shape index (κ2) is 9.10. The number of amides is 1. The maximum Gasteiger partial charge on any atom is 0.219 e. The Kier molecular flexibility index (Phi) is 6.22. The van der Waals surface area contributed by atoms with Gasteiger partial charge in [0.15, 0.2) is 0 Å². The number of aromatic nitrogens is 2. The van der Waals surface area contributed by atoms with E-state index >= 15 is 0 Å². The molecule has 0 saturated heterocycles. The second-order valence-corrected chi connectivity index (χ2v) is 8.68. The minimum atomic E-state index is 0.00766. The van der Waals surface area contributed by atoms with Crippen molar-refractivity contribution in [1.29, 1.82) is 0 Å². The van der Waals surface area contributed by atoms with E-state index in [2.05, 4.69) is 35.4 Å². The van der Waals surface area contributed by atoms with Crippen molar-refractivity contribution in [1.82, 2.24) is 14.9 Å². The quantitative estimate of drug-likeness (QED) is 0.556. The van der Waals surface area contributed by atoms with Gasteiger partial charge in [-0.15, -0.1) is 0 Å². The van der Waals surface area contributed by atoms with Gasteiger partial charge in [0.1, 0.15) is 17.4 Å². The van der Waals surface area contributed by atoms with Crippen molar-refractivity contribution in [3.8, 4) is 5.75 Å². The molecule has 0 unspecified atom stereocenters. The number of anilines is 2. The molecular formula is C26H31N5O2. The highest BCUT2D eigenvalue weighted by atomic mass is 16.5. The molecule has 0 bridgehead atoms. The van der Waals surface area contributed by atoms with Gasteiger partial charge in [0, 0.05) is 42.7 Å². The summed E-state index contributed by atoms with van der Waals surface area (Å²) in [5.74, 6) is 2.32. The van der Waals surface area contributed by atoms with Crippen molar-refractivity contribution in [2.45, 2.75) is 40.2 Å². The molecule has 172 valence electrons. The van der Waals surface area contributed by atoms with Crippen LogP contribution >= 0.6 is 0 Å². The van der Waals surface area contributed by atoms with Crippen molar-refractivity contribution >= 4 is 33.9 Å². The molecule has 3 N–H and O–H groups in total. The van der Waals surface area contributed by atoms with Crippen LogP contribution in [0.4, 0.5) is 11.5 Å². The molecule has 1 aromatic heterocycles. The van der Waals surface area contributed by atoms with Crippen molar-refractivity contribution in [2.75, 3.05) is 31.2 Å². The second-order valence-electron chi connectivity index (χ2n) is 8.68. The monoisotopic (exact) mass is 445 g/mol. The van der Waals surface area contributed by atoms with Crippen LogP contribution in [0.25, 0.3) is 16.5 Å². The van der Waals surface area contributed by atoms with E-state index in [0.717, 1.165) is 56.8 Å². The SMILES string of the molecule is COc1cc2nc(C)nc(N[C@H](C)c3cc(C)cc(N)c3)c2cc1C1=CCN(C(C)=O)CC1. The first-order valence-electron chi connectivity index (χ1n) is 11.2. The molecule has 33 heavy (non-hydrogen) atoms. The molecule has 0 saturated carbocycles. The average molecular weight is 446 g/mol. The summed E-state index contributed by atoms with van der Waals surface area (Å²) in [7, 11) is 1.67. The van der Waals surface area contributed by atoms with E-state index < -0.39 is 0 Å². The molecule has 7 heteroatoms. The zero-order valence-electron chi connectivity index (χ0n) is 19.9. The van der Waals surface area contributed by atoms with Crippen LogP contribution in [0.2, 0.25) is 0 Å². The third kappa shape index (κ3) is 4.77. The van der Waals surface area contributed by atoms with Crippen LogP contribution in [-0.4, -0.2) is 41.0 Å². The van der Waals surface area contributed by atoms with E-state index in [1.807, 2.05) is 36.9 Å². The number of ether oxygens (including phenoxy) is 1. The number of nitrogen functional groups attached to an aromatic ring is 1. The van der Waals surface area contributed by atoms with Gasteiger partial charge in [-0.05, 0) is 62.1 Å². The van der Waals surface area contributed by atoms with Gasteiger partial charge >= 0.3 is 0 Å². The van der Waals surface area contributed by atoms with Gasteiger partial charge in [-0.2, -0.15) is 0 Å². The maximum atomic E-state index is 11.7. The Morgan fingerprint density at radius 2 is 1.97 bits per heavy atom. The molecule has 2 heterocycles. The number of benzene rings is 2. The Morgan fingerprint density at radius 3 is 2.61 bits per heavy atom. The fraction of sp³-hybridized carbons (Fsp3) is 0.346. The van der Waals surface area contributed by atoms with E-state index in [9.17, 15) is 4.79 Å². The van der Waals surface area contributed by atoms with E-state index in [1.165, 1.54) is 0 Å². The molecule has 0 aliphatic carbocycles. The highest BCUT2D eigenvalue weighted by Gasteiger charge is 2.20. The van der Waals surface area contributed by atoms with Crippen molar-refractivity contribution in [2.24, 2.45) is 0 Å². The number of carbonyl (C=O) groups is 1. The van der Waals surface area contributed by atoms with Crippen molar-refractivity contribution < 1.29 is 9.53 Å². The summed E-state index contributed by atoms with van der Waals surface area (Å²) in [4.78, 5) is 22.9. The van der Waals surface area contributed by atoms with Gasteiger partial charge in [0.05, 0.1) is 18.7 Å². The van der Waals surface area contributed by atoms with E-state index in [1.54, 1.807) is 14.0 Å². The molecule has 0 fully saturated rings. The van der Waals surface area contributed by atoms with Crippen molar-refractivity contribution in [3.05, 3.63) is 58.9 Å². The Labute approximate surface area is 194 Å². The van der Waals surface area contributed by atoms with Gasteiger partial charge < -0.3 is 20.7 Å². The summed E-state index contributed by atoms with van der Waals surface area (Å²) in [6, 6.07) is 10.2. The smallest absolute Gasteiger partial charge is 0.219 e. The summed E-state index contributed by atoms with van der Waals surface area (Å²) >= 11 is 0. The van der Waals surface area contributed by atoms with Gasteiger partial charge in [-0.1, -0.05) is 12.1 Å². The van der Waals surface area contributed by atoms with E-state index in [4.69, 9.17) is 15.5 Å². The predicted octanol–water partition coefficient (Wildman–Crippen LogP) is 4.65. The highest BCUT2D eigenvalue weighted by molar-refractivity contribution is 5.94. The molecular weight excluding hydrogens is 414 g/mol.